The van der Waals surface area contributed by atoms with Gasteiger partial charge in [0.05, 0.1) is 0 Å². The molecule has 1 aliphatic rings. The van der Waals surface area contributed by atoms with Gasteiger partial charge in [-0.2, -0.15) is 0 Å². The zero-order valence-electron chi connectivity index (χ0n) is 9.77. The second-order valence-electron chi connectivity index (χ2n) is 5.65. The Kier molecular flexibility index (Phi) is 3.78. The SMILES string of the molecule is CCN1CCC(CCC(C)(C)C)C1. The van der Waals surface area contributed by atoms with Crippen LogP contribution in [0.3, 0.4) is 0 Å². The standard InChI is InChI=1S/C12H25N/c1-5-13-9-7-11(10-13)6-8-12(2,3)4/h11H,5-10H2,1-4H3. The van der Waals surface area contributed by atoms with Gasteiger partial charge in [0.15, 0.2) is 0 Å². The average molecular weight is 183 g/mol. The van der Waals surface area contributed by atoms with Gasteiger partial charge in [-0.15, -0.1) is 0 Å². The van der Waals surface area contributed by atoms with Gasteiger partial charge in [0.2, 0.25) is 0 Å². The molecule has 1 saturated heterocycles. The summed E-state index contributed by atoms with van der Waals surface area (Å²) in [6, 6.07) is 0. The van der Waals surface area contributed by atoms with Crippen LogP contribution in [0.4, 0.5) is 0 Å². The van der Waals surface area contributed by atoms with Crippen molar-refractivity contribution in [3.05, 3.63) is 0 Å². The Morgan fingerprint density at radius 1 is 1.31 bits per heavy atom. The van der Waals surface area contributed by atoms with E-state index in [1.807, 2.05) is 0 Å². The fourth-order valence-electron chi connectivity index (χ4n) is 2.07. The molecular weight excluding hydrogens is 158 g/mol. The summed E-state index contributed by atoms with van der Waals surface area (Å²) in [5, 5.41) is 0. The van der Waals surface area contributed by atoms with E-state index in [1.165, 1.54) is 38.9 Å². The van der Waals surface area contributed by atoms with Crippen molar-refractivity contribution in [2.75, 3.05) is 19.6 Å². The van der Waals surface area contributed by atoms with Gasteiger partial charge in [-0.3, -0.25) is 0 Å². The van der Waals surface area contributed by atoms with Crippen molar-refractivity contribution in [3.63, 3.8) is 0 Å². The minimum absolute atomic E-state index is 0.527. The summed E-state index contributed by atoms with van der Waals surface area (Å²) in [7, 11) is 0. The predicted molar refractivity (Wildman–Crippen MR) is 58.9 cm³/mol. The first kappa shape index (κ1) is 11.0. The van der Waals surface area contributed by atoms with E-state index < -0.39 is 0 Å². The highest BCUT2D eigenvalue weighted by atomic mass is 15.1. The maximum absolute atomic E-state index is 2.58. The Morgan fingerprint density at radius 3 is 2.46 bits per heavy atom. The van der Waals surface area contributed by atoms with Crippen molar-refractivity contribution in [2.24, 2.45) is 11.3 Å². The lowest BCUT2D eigenvalue weighted by Crippen LogP contribution is -2.20. The summed E-state index contributed by atoms with van der Waals surface area (Å²) < 4.78 is 0. The van der Waals surface area contributed by atoms with Crippen molar-refractivity contribution in [1.29, 1.82) is 0 Å². The molecule has 1 heteroatoms. The minimum Gasteiger partial charge on any atom is -0.303 e. The van der Waals surface area contributed by atoms with Crippen LogP contribution < -0.4 is 0 Å². The Balaban J connectivity index is 2.17. The van der Waals surface area contributed by atoms with E-state index in [2.05, 4.69) is 32.6 Å². The number of nitrogens with zero attached hydrogens (tertiary/aromatic N) is 1. The third-order valence-corrected chi connectivity index (χ3v) is 3.12. The van der Waals surface area contributed by atoms with E-state index in [4.69, 9.17) is 0 Å². The fraction of sp³-hybridized carbons (Fsp3) is 1.00. The zero-order valence-corrected chi connectivity index (χ0v) is 9.77. The molecule has 1 heterocycles. The van der Waals surface area contributed by atoms with E-state index in [-0.39, 0.29) is 0 Å². The molecule has 0 radical (unpaired) electrons. The van der Waals surface area contributed by atoms with Crippen LogP contribution >= 0.6 is 0 Å². The lowest BCUT2D eigenvalue weighted by Gasteiger charge is -2.20. The van der Waals surface area contributed by atoms with Crippen LogP contribution in [-0.2, 0) is 0 Å². The third kappa shape index (κ3) is 4.12. The van der Waals surface area contributed by atoms with Crippen LogP contribution in [-0.4, -0.2) is 24.5 Å². The van der Waals surface area contributed by atoms with Crippen LogP contribution in [0.1, 0.15) is 47.0 Å². The Labute approximate surface area is 83.5 Å². The molecule has 1 atom stereocenters. The summed E-state index contributed by atoms with van der Waals surface area (Å²) in [6.07, 6.45) is 4.25. The van der Waals surface area contributed by atoms with Gasteiger partial charge < -0.3 is 4.90 Å². The first-order chi connectivity index (χ1) is 6.01. The Hall–Kier alpha value is -0.0400. The maximum atomic E-state index is 2.58. The van der Waals surface area contributed by atoms with E-state index in [9.17, 15) is 0 Å². The summed E-state index contributed by atoms with van der Waals surface area (Å²) >= 11 is 0. The van der Waals surface area contributed by atoms with Crippen molar-refractivity contribution < 1.29 is 0 Å². The third-order valence-electron chi connectivity index (χ3n) is 3.12. The van der Waals surface area contributed by atoms with Gasteiger partial charge in [0, 0.05) is 6.54 Å². The lowest BCUT2D eigenvalue weighted by molar-refractivity contribution is 0.302. The number of hydrogen-bond acceptors (Lipinski definition) is 1. The second kappa shape index (κ2) is 4.45. The van der Waals surface area contributed by atoms with Gasteiger partial charge in [0.1, 0.15) is 0 Å². The molecule has 0 aliphatic carbocycles. The average Bonchev–Trinajstić information content (AvgIpc) is 2.47. The lowest BCUT2D eigenvalue weighted by atomic mass is 9.86. The number of rotatable bonds is 3. The monoisotopic (exact) mass is 183 g/mol. The topological polar surface area (TPSA) is 3.24 Å². The van der Waals surface area contributed by atoms with E-state index >= 15 is 0 Å². The summed E-state index contributed by atoms with van der Waals surface area (Å²) in [5.74, 6) is 0.985. The largest absolute Gasteiger partial charge is 0.303 e. The van der Waals surface area contributed by atoms with Crippen LogP contribution in [0.5, 0.6) is 0 Å². The molecule has 0 bridgehead atoms. The quantitative estimate of drug-likeness (QED) is 0.649. The zero-order chi connectivity index (χ0) is 9.90. The van der Waals surface area contributed by atoms with E-state index in [0.29, 0.717) is 5.41 Å². The Bertz CT molecular complexity index is 146. The molecule has 0 saturated carbocycles. The molecule has 1 nitrogen and oxygen atoms in total. The highest BCUT2D eigenvalue weighted by Gasteiger charge is 2.22. The van der Waals surface area contributed by atoms with E-state index in [0.717, 1.165) is 5.92 Å². The van der Waals surface area contributed by atoms with Crippen molar-refractivity contribution in [2.45, 2.75) is 47.0 Å². The summed E-state index contributed by atoms with van der Waals surface area (Å²) in [6.45, 7) is 13.2. The van der Waals surface area contributed by atoms with Crippen LogP contribution in [0, 0.1) is 11.3 Å². The Morgan fingerprint density at radius 2 is 2.00 bits per heavy atom. The molecule has 0 amide bonds. The van der Waals surface area contributed by atoms with Gasteiger partial charge in [0.25, 0.3) is 0 Å². The molecule has 0 aromatic heterocycles. The van der Waals surface area contributed by atoms with Crippen LogP contribution in [0.15, 0.2) is 0 Å². The minimum atomic E-state index is 0.527. The highest BCUT2D eigenvalue weighted by Crippen LogP contribution is 2.27. The fourth-order valence-corrected chi connectivity index (χ4v) is 2.07. The molecule has 0 N–H and O–H groups in total. The second-order valence-corrected chi connectivity index (χ2v) is 5.65. The van der Waals surface area contributed by atoms with Gasteiger partial charge in [-0.05, 0) is 43.7 Å². The van der Waals surface area contributed by atoms with Crippen molar-refractivity contribution in [1.82, 2.24) is 4.90 Å². The molecule has 0 aromatic rings. The molecule has 1 rings (SSSR count). The first-order valence-electron chi connectivity index (χ1n) is 5.73. The summed E-state index contributed by atoms with van der Waals surface area (Å²) in [5.41, 5.74) is 0.527. The predicted octanol–water partition coefficient (Wildman–Crippen LogP) is 3.15. The van der Waals surface area contributed by atoms with Gasteiger partial charge in [-0.1, -0.05) is 27.7 Å². The smallest absolute Gasteiger partial charge is 0.00100 e. The van der Waals surface area contributed by atoms with Gasteiger partial charge >= 0.3 is 0 Å². The molecule has 0 aromatic carbocycles. The molecule has 1 unspecified atom stereocenters. The number of hydrogen-bond donors (Lipinski definition) is 0. The summed E-state index contributed by atoms with van der Waals surface area (Å²) in [4.78, 5) is 2.58. The van der Waals surface area contributed by atoms with Gasteiger partial charge in [-0.25, -0.2) is 0 Å². The normalized spacial score (nSPS) is 25.4. The molecule has 0 spiro atoms. The van der Waals surface area contributed by atoms with E-state index in [1.54, 1.807) is 0 Å². The molecular formula is C12H25N. The van der Waals surface area contributed by atoms with Crippen molar-refractivity contribution in [3.8, 4) is 0 Å². The highest BCUT2D eigenvalue weighted by molar-refractivity contribution is 4.76. The van der Waals surface area contributed by atoms with Crippen LogP contribution in [0.2, 0.25) is 0 Å². The van der Waals surface area contributed by atoms with Crippen LogP contribution in [0.25, 0.3) is 0 Å². The maximum Gasteiger partial charge on any atom is 0.00100 e. The van der Waals surface area contributed by atoms with Crippen molar-refractivity contribution >= 4 is 0 Å². The first-order valence-corrected chi connectivity index (χ1v) is 5.73. The molecule has 1 fully saturated rings. The number of likely N-dealkylation sites (tertiary alicyclic amines) is 1. The molecule has 78 valence electrons. The molecule has 13 heavy (non-hydrogen) atoms. The molecule has 1 aliphatic heterocycles.